The van der Waals surface area contributed by atoms with Gasteiger partial charge in [0.25, 0.3) is 5.91 Å². The number of hydrogen-bond donors (Lipinski definition) is 3. The summed E-state index contributed by atoms with van der Waals surface area (Å²) in [5.41, 5.74) is 4.79. The first kappa shape index (κ1) is 22.6. The smallest absolute Gasteiger partial charge is 0.254 e. The maximum atomic E-state index is 13.2. The summed E-state index contributed by atoms with van der Waals surface area (Å²) in [7, 11) is 1.57. The fraction of sp³-hybridized carbons (Fsp3) is 0.192. The molecule has 2 heterocycles. The summed E-state index contributed by atoms with van der Waals surface area (Å²) >= 11 is 1.44. The van der Waals surface area contributed by atoms with Crippen LogP contribution in [-0.2, 0) is 11.2 Å². The van der Waals surface area contributed by atoms with Crippen molar-refractivity contribution in [1.82, 2.24) is 20.6 Å². The maximum absolute atomic E-state index is 13.2. The Kier molecular flexibility index (Phi) is 6.79. The average Bonchev–Trinajstić information content (AvgIpc) is 3.23. The number of rotatable bonds is 7. The number of amides is 2. The minimum absolute atomic E-state index is 0.249. The van der Waals surface area contributed by atoms with Gasteiger partial charge in [-0.25, -0.2) is 4.98 Å². The molecule has 2 aromatic carbocycles. The molecule has 0 aliphatic heterocycles. The van der Waals surface area contributed by atoms with Crippen molar-refractivity contribution in [1.29, 1.82) is 0 Å². The lowest BCUT2D eigenvalue weighted by Gasteiger charge is -2.18. The summed E-state index contributed by atoms with van der Waals surface area (Å²) < 4.78 is 0. The van der Waals surface area contributed by atoms with Crippen LogP contribution in [0.1, 0.15) is 27.0 Å². The monoisotopic (exact) mass is 458 g/mol. The summed E-state index contributed by atoms with van der Waals surface area (Å²) in [4.78, 5) is 34.5. The van der Waals surface area contributed by atoms with E-state index in [1.165, 1.54) is 22.9 Å². The van der Waals surface area contributed by atoms with E-state index in [1.54, 1.807) is 25.4 Å². The van der Waals surface area contributed by atoms with E-state index in [4.69, 9.17) is 0 Å². The Morgan fingerprint density at radius 1 is 1.06 bits per heavy atom. The molecule has 0 bridgehead atoms. The lowest BCUT2D eigenvalue weighted by molar-refractivity contribution is -0.122. The highest BCUT2D eigenvalue weighted by atomic mass is 32.2. The van der Waals surface area contributed by atoms with E-state index in [2.05, 4.69) is 46.6 Å². The van der Waals surface area contributed by atoms with Crippen LogP contribution in [0.2, 0.25) is 0 Å². The molecule has 0 unspecified atom stereocenters. The third-order valence-electron chi connectivity index (χ3n) is 5.68. The average molecular weight is 459 g/mol. The van der Waals surface area contributed by atoms with Gasteiger partial charge in [-0.3, -0.25) is 9.59 Å². The molecule has 0 spiro atoms. The van der Waals surface area contributed by atoms with Crippen molar-refractivity contribution in [2.24, 2.45) is 0 Å². The molecule has 2 amide bonds. The topological polar surface area (TPSA) is 86.9 Å². The highest BCUT2D eigenvalue weighted by Crippen LogP contribution is 2.30. The largest absolute Gasteiger partial charge is 0.361 e. The predicted molar refractivity (Wildman–Crippen MR) is 132 cm³/mol. The summed E-state index contributed by atoms with van der Waals surface area (Å²) in [6, 6.07) is 16.8. The molecular formula is C26H26N4O2S. The van der Waals surface area contributed by atoms with Crippen LogP contribution in [-0.4, -0.2) is 34.9 Å². The lowest BCUT2D eigenvalue weighted by atomic mass is 10.0. The van der Waals surface area contributed by atoms with Crippen LogP contribution in [0.15, 0.2) is 76.9 Å². The standard InChI is InChI=1S/C26H26N4O2S/c1-16-10-11-19(13-17(16)2)33-26-21(8-6-12-28-26)24(31)30-23(25(32)27-3)14-18-15-29-22-9-5-4-7-20(18)22/h4-13,15,23,29H,14H2,1-3H3,(H,27,32)(H,30,31)/t23-/m0/s1. The third-order valence-corrected chi connectivity index (χ3v) is 6.68. The van der Waals surface area contributed by atoms with Crippen LogP contribution in [0, 0.1) is 13.8 Å². The lowest BCUT2D eigenvalue weighted by Crippen LogP contribution is -2.47. The van der Waals surface area contributed by atoms with E-state index in [0.29, 0.717) is 17.0 Å². The summed E-state index contributed by atoms with van der Waals surface area (Å²) in [5, 5.41) is 7.21. The first-order chi connectivity index (χ1) is 16.0. The zero-order valence-electron chi connectivity index (χ0n) is 18.8. The van der Waals surface area contributed by atoms with Crippen LogP contribution in [0.3, 0.4) is 0 Å². The van der Waals surface area contributed by atoms with Gasteiger partial charge in [0.1, 0.15) is 11.1 Å². The van der Waals surface area contributed by atoms with Crippen molar-refractivity contribution >= 4 is 34.5 Å². The molecular weight excluding hydrogens is 432 g/mol. The zero-order chi connectivity index (χ0) is 23.4. The van der Waals surface area contributed by atoms with Crippen LogP contribution in [0.25, 0.3) is 10.9 Å². The Morgan fingerprint density at radius 3 is 2.67 bits per heavy atom. The third kappa shape index (κ3) is 5.09. The fourth-order valence-corrected chi connectivity index (χ4v) is 4.65. The van der Waals surface area contributed by atoms with Gasteiger partial charge in [0.2, 0.25) is 5.91 Å². The number of aromatic amines is 1. The van der Waals surface area contributed by atoms with E-state index in [9.17, 15) is 9.59 Å². The van der Waals surface area contributed by atoms with Gasteiger partial charge in [0, 0.05) is 41.7 Å². The van der Waals surface area contributed by atoms with Gasteiger partial charge >= 0.3 is 0 Å². The van der Waals surface area contributed by atoms with Gasteiger partial charge in [-0.15, -0.1) is 0 Å². The van der Waals surface area contributed by atoms with Crippen molar-refractivity contribution in [3.63, 3.8) is 0 Å². The molecule has 0 saturated carbocycles. The Labute approximate surface area is 197 Å². The number of fused-ring (bicyclic) bond motifs is 1. The van der Waals surface area contributed by atoms with Gasteiger partial charge in [-0.2, -0.15) is 0 Å². The number of aromatic nitrogens is 2. The molecule has 1 atom stereocenters. The molecule has 2 aromatic heterocycles. The van der Waals surface area contributed by atoms with Crippen LogP contribution < -0.4 is 10.6 Å². The Balaban J connectivity index is 1.57. The van der Waals surface area contributed by atoms with E-state index in [0.717, 1.165) is 21.4 Å². The minimum atomic E-state index is -0.721. The molecule has 0 aliphatic carbocycles. The van der Waals surface area contributed by atoms with Crippen molar-refractivity contribution in [2.75, 3.05) is 7.05 Å². The van der Waals surface area contributed by atoms with Crippen molar-refractivity contribution in [3.8, 4) is 0 Å². The Bertz CT molecular complexity index is 1310. The van der Waals surface area contributed by atoms with Gasteiger partial charge in [0.05, 0.1) is 5.56 Å². The van der Waals surface area contributed by atoms with Gasteiger partial charge in [-0.1, -0.05) is 36.0 Å². The van der Waals surface area contributed by atoms with Crippen LogP contribution in [0.4, 0.5) is 0 Å². The zero-order valence-corrected chi connectivity index (χ0v) is 19.6. The fourth-order valence-electron chi connectivity index (χ4n) is 3.67. The summed E-state index contributed by atoms with van der Waals surface area (Å²) in [5.74, 6) is -0.580. The van der Waals surface area contributed by atoms with Gasteiger partial charge in [0.15, 0.2) is 0 Å². The highest BCUT2D eigenvalue weighted by molar-refractivity contribution is 7.99. The molecule has 0 fully saturated rings. The molecule has 33 heavy (non-hydrogen) atoms. The summed E-state index contributed by atoms with van der Waals surface area (Å²) in [6.07, 6.45) is 3.93. The summed E-state index contributed by atoms with van der Waals surface area (Å²) in [6.45, 7) is 4.13. The van der Waals surface area contributed by atoms with Crippen molar-refractivity contribution < 1.29 is 9.59 Å². The Hall–Kier alpha value is -3.58. The van der Waals surface area contributed by atoms with Gasteiger partial charge < -0.3 is 15.6 Å². The van der Waals surface area contributed by atoms with E-state index in [1.807, 2.05) is 36.5 Å². The molecule has 4 rings (SSSR count). The molecule has 168 valence electrons. The van der Waals surface area contributed by atoms with Crippen molar-refractivity contribution in [2.45, 2.75) is 36.2 Å². The first-order valence-corrected chi connectivity index (χ1v) is 11.6. The molecule has 7 heteroatoms. The number of aryl methyl sites for hydroxylation is 2. The maximum Gasteiger partial charge on any atom is 0.254 e. The molecule has 3 N–H and O–H groups in total. The molecule has 6 nitrogen and oxygen atoms in total. The second-order valence-electron chi connectivity index (χ2n) is 7.91. The second kappa shape index (κ2) is 9.92. The molecule has 0 aliphatic rings. The predicted octanol–water partition coefficient (Wildman–Crippen LogP) is 4.42. The van der Waals surface area contributed by atoms with Crippen LogP contribution in [0.5, 0.6) is 0 Å². The number of hydrogen-bond acceptors (Lipinski definition) is 4. The number of para-hydroxylation sites is 1. The minimum Gasteiger partial charge on any atom is -0.361 e. The number of benzene rings is 2. The van der Waals surface area contributed by atoms with Crippen LogP contribution >= 0.6 is 11.8 Å². The van der Waals surface area contributed by atoms with E-state index >= 15 is 0 Å². The number of nitrogens with zero attached hydrogens (tertiary/aromatic N) is 1. The Morgan fingerprint density at radius 2 is 1.88 bits per heavy atom. The van der Waals surface area contributed by atoms with E-state index < -0.39 is 6.04 Å². The number of pyridine rings is 1. The normalized spacial score (nSPS) is 11.8. The van der Waals surface area contributed by atoms with E-state index in [-0.39, 0.29) is 11.8 Å². The molecule has 0 radical (unpaired) electrons. The number of H-pyrrole nitrogens is 1. The second-order valence-corrected chi connectivity index (χ2v) is 8.97. The quantitative estimate of drug-likeness (QED) is 0.383. The number of carbonyl (C=O) groups excluding carboxylic acids is 2. The number of carbonyl (C=O) groups is 2. The number of likely N-dealkylation sites (N-methyl/N-ethyl adjacent to an activating group) is 1. The molecule has 4 aromatic rings. The SMILES string of the molecule is CNC(=O)[C@H](Cc1c[nH]c2ccccc12)NC(=O)c1cccnc1Sc1ccc(C)c(C)c1. The van der Waals surface area contributed by atoms with Gasteiger partial charge in [-0.05, 0) is 60.9 Å². The molecule has 0 saturated heterocycles. The van der Waals surface area contributed by atoms with Crippen molar-refractivity contribution in [3.05, 3.63) is 89.2 Å². The first-order valence-electron chi connectivity index (χ1n) is 10.7. The highest BCUT2D eigenvalue weighted by Gasteiger charge is 2.24. The number of nitrogens with one attached hydrogen (secondary N) is 3.